The quantitative estimate of drug-likeness (QED) is 0.747. The summed E-state index contributed by atoms with van der Waals surface area (Å²) >= 11 is 0. The van der Waals surface area contributed by atoms with Gasteiger partial charge < -0.3 is 15.0 Å². The summed E-state index contributed by atoms with van der Waals surface area (Å²) in [6.45, 7) is 1.53. The highest BCUT2D eigenvalue weighted by molar-refractivity contribution is 7.89. The summed E-state index contributed by atoms with van der Waals surface area (Å²) in [5.41, 5.74) is 0.733. The lowest BCUT2D eigenvalue weighted by Gasteiger charge is -2.26. The molecule has 0 saturated carbocycles. The minimum absolute atomic E-state index is 0.103. The van der Waals surface area contributed by atoms with E-state index in [9.17, 15) is 22.4 Å². The van der Waals surface area contributed by atoms with E-state index in [0.29, 0.717) is 32.0 Å². The number of halogens is 1. The third kappa shape index (κ3) is 4.60. The van der Waals surface area contributed by atoms with Gasteiger partial charge in [-0.15, -0.1) is 0 Å². The van der Waals surface area contributed by atoms with Crippen LogP contribution < -0.4 is 10.2 Å². The number of nitrogens with one attached hydrogen (secondary N) is 1. The van der Waals surface area contributed by atoms with Crippen molar-refractivity contribution in [2.24, 2.45) is 0 Å². The standard InChI is InChI=1S/C21H22FN3O5S/c22-16-2-1-3-18(12-16)25-14-17(13-20(25)26)23-21(27)15-4-6-19(7-5-15)31(28,29)24-8-10-30-11-9-24/h1-7,12,17H,8-11,13-14H2,(H,23,27)/t17-/m0/s1. The normalized spacial score (nSPS) is 20.1. The molecule has 2 aliphatic rings. The third-order valence-corrected chi connectivity index (χ3v) is 7.22. The lowest BCUT2D eigenvalue weighted by atomic mass is 10.2. The van der Waals surface area contributed by atoms with E-state index < -0.39 is 27.8 Å². The van der Waals surface area contributed by atoms with Crippen LogP contribution in [0.15, 0.2) is 53.4 Å². The molecular weight excluding hydrogens is 425 g/mol. The molecule has 0 unspecified atom stereocenters. The van der Waals surface area contributed by atoms with Crippen LogP contribution in [0.2, 0.25) is 0 Å². The van der Waals surface area contributed by atoms with Crippen LogP contribution in [0.1, 0.15) is 16.8 Å². The topological polar surface area (TPSA) is 96.0 Å². The van der Waals surface area contributed by atoms with Crippen LogP contribution in [0, 0.1) is 5.82 Å². The Balaban J connectivity index is 1.40. The number of carbonyl (C=O) groups excluding carboxylic acids is 2. The van der Waals surface area contributed by atoms with Crippen molar-refractivity contribution < 1.29 is 27.1 Å². The molecule has 2 saturated heterocycles. The number of morpholine rings is 1. The summed E-state index contributed by atoms with van der Waals surface area (Å²) in [6.07, 6.45) is 0.103. The van der Waals surface area contributed by atoms with Gasteiger partial charge in [-0.1, -0.05) is 6.07 Å². The second-order valence-corrected chi connectivity index (χ2v) is 9.34. The Bertz CT molecular complexity index is 1080. The first-order chi connectivity index (χ1) is 14.8. The first-order valence-corrected chi connectivity index (χ1v) is 11.3. The Morgan fingerprint density at radius 3 is 2.48 bits per heavy atom. The summed E-state index contributed by atoms with van der Waals surface area (Å²) in [5, 5.41) is 2.79. The van der Waals surface area contributed by atoms with Crippen molar-refractivity contribution in [1.82, 2.24) is 9.62 Å². The number of rotatable bonds is 5. The molecule has 0 aromatic heterocycles. The van der Waals surface area contributed by atoms with Crippen molar-refractivity contribution in [1.29, 1.82) is 0 Å². The van der Waals surface area contributed by atoms with Crippen LogP contribution in [0.3, 0.4) is 0 Å². The van der Waals surface area contributed by atoms with Gasteiger partial charge in [0.25, 0.3) is 5.91 Å². The van der Waals surface area contributed by atoms with E-state index in [-0.39, 0.29) is 29.3 Å². The first kappa shape index (κ1) is 21.4. The van der Waals surface area contributed by atoms with Crippen molar-refractivity contribution in [3.8, 4) is 0 Å². The highest BCUT2D eigenvalue weighted by atomic mass is 32.2. The fraction of sp³-hybridized carbons (Fsp3) is 0.333. The van der Waals surface area contributed by atoms with Crippen molar-refractivity contribution >= 4 is 27.5 Å². The number of hydrogen-bond acceptors (Lipinski definition) is 5. The van der Waals surface area contributed by atoms with Gasteiger partial charge in [-0.2, -0.15) is 4.31 Å². The van der Waals surface area contributed by atoms with Crippen LogP contribution in [0.25, 0.3) is 0 Å². The van der Waals surface area contributed by atoms with E-state index >= 15 is 0 Å². The predicted molar refractivity (Wildman–Crippen MR) is 111 cm³/mol. The Morgan fingerprint density at radius 2 is 1.81 bits per heavy atom. The van der Waals surface area contributed by atoms with Gasteiger partial charge in [0.15, 0.2) is 0 Å². The van der Waals surface area contributed by atoms with Crippen LogP contribution >= 0.6 is 0 Å². The maximum atomic E-state index is 13.5. The molecule has 2 aliphatic heterocycles. The average Bonchev–Trinajstić information content (AvgIpc) is 3.14. The van der Waals surface area contributed by atoms with Crippen molar-refractivity contribution in [3.63, 3.8) is 0 Å². The predicted octanol–water partition coefficient (Wildman–Crippen LogP) is 1.38. The number of amides is 2. The summed E-state index contributed by atoms with van der Waals surface area (Å²) in [6, 6.07) is 11.0. The van der Waals surface area contributed by atoms with E-state index in [0.717, 1.165) is 0 Å². The van der Waals surface area contributed by atoms with Gasteiger partial charge in [0.05, 0.1) is 24.2 Å². The molecule has 2 amide bonds. The third-order valence-electron chi connectivity index (χ3n) is 5.30. The lowest BCUT2D eigenvalue weighted by Crippen LogP contribution is -2.40. The smallest absolute Gasteiger partial charge is 0.251 e. The van der Waals surface area contributed by atoms with E-state index in [2.05, 4.69) is 5.32 Å². The van der Waals surface area contributed by atoms with Gasteiger partial charge >= 0.3 is 0 Å². The lowest BCUT2D eigenvalue weighted by molar-refractivity contribution is -0.117. The zero-order chi connectivity index (χ0) is 22.0. The van der Waals surface area contributed by atoms with Crippen LogP contribution in [0.4, 0.5) is 10.1 Å². The zero-order valence-corrected chi connectivity index (χ0v) is 17.5. The number of hydrogen-bond donors (Lipinski definition) is 1. The maximum absolute atomic E-state index is 13.5. The Hall–Kier alpha value is -2.82. The van der Waals surface area contributed by atoms with Crippen molar-refractivity contribution in [3.05, 3.63) is 59.9 Å². The fourth-order valence-corrected chi connectivity index (χ4v) is 5.09. The highest BCUT2D eigenvalue weighted by Crippen LogP contribution is 2.23. The molecule has 164 valence electrons. The number of carbonyl (C=O) groups is 2. The second-order valence-electron chi connectivity index (χ2n) is 7.40. The van der Waals surface area contributed by atoms with Gasteiger partial charge in [-0.3, -0.25) is 9.59 Å². The Morgan fingerprint density at radius 1 is 1.10 bits per heavy atom. The SMILES string of the molecule is O=C(N[C@H]1CC(=O)N(c2cccc(F)c2)C1)c1ccc(S(=O)(=O)N2CCOCC2)cc1. The molecule has 0 spiro atoms. The minimum Gasteiger partial charge on any atom is -0.379 e. The number of ether oxygens (including phenoxy) is 1. The molecule has 0 bridgehead atoms. The summed E-state index contributed by atoms with van der Waals surface area (Å²) < 4.78 is 45.4. The zero-order valence-electron chi connectivity index (χ0n) is 16.7. The molecule has 2 fully saturated rings. The molecular formula is C21H22FN3O5S. The molecule has 1 N–H and O–H groups in total. The molecule has 2 heterocycles. The van der Waals surface area contributed by atoms with Gasteiger partial charge in [-0.05, 0) is 42.5 Å². The van der Waals surface area contributed by atoms with Gasteiger partial charge in [0.2, 0.25) is 15.9 Å². The van der Waals surface area contributed by atoms with E-state index in [1.54, 1.807) is 6.07 Å². The molecule has 31 heavy (non-hydrogen) atoms. The van der Waals surface area contributed by atoms with Gasteiger partial charge in [0.1, 0.15) is 5.82 Å². The van der Waals surface area contributed by atoms with E-state index in [1.165, 1.54) is 51.7 Å². The van der Waals surface area contributed by atoms with Gasteiger partial charge in [-0.25, -0.2) is 12.8 Å². The maximum Gasteiger partial charge on any atom is 0.251 e. The Labute approximate surface area is 179 Å². The monoisotopic (exact) mass is 447 g/mol. The molecule has 2 aromatic rings. The largest absolute Gasteiger partial charge is 0.379 e. The van der Waals surface area contributed by atoms with Crippen LogP contribution in [0.5, 0.6) is 0 Å². The number of nitrogens with zero attached hydrogens (tertiary/aromatic N) is 2. The highest BCUT2D eigenvalue weighted by Gasteiger charge is 2.32. The summed E-state index contributed by atoms with van der Waals surface area (Å²) in [5.74, 6) is -1.05. The van der Waals surface area contributed by atoms with E-state index in [4.69, 9.17) is 4.74 Å². The number of anilines is 1. The van der Waals surface area contributed by atoms with Crippen LogP contribution in [-0.4, -0.2) is 63.4 Å². The van der Waals surface area contributed by atoms with Crippen molar-refractivity contribution in [2.75, 3.05) is 37.7 Å². The minimum atomic E-state index is -3.64. The van der Waals surface area contributed by atoms with Gasteiger partial charge in [0, 0.05) is 37.3 Å². The fourth-order valence-electron chi connectivity index (χ4n) is 3.68. The Kier molecular flexibility index (Phi) is 6.03. The van der Waals surface area contributed by atoms with Crippen molar-refractivity contribution in [2.45, 2.75) is 17.4 Å². The number of sulfonamides is 1. The molecule has 1 atom stereocenters. The van der Waals surface area contributed by atoms with Crippen LogP contribution in [-0.2, 0) is 19.6 Å². The molecule has 10 heteroatoms. The number of benzene rings is 2. The molecule has 4 rings (SSSR count). The summed E-state index contributed by atoms with van der Waals surface area (Å²) in [7, 11) is -3.64. The van der Waals surface area contributed by atoms with E-state index in [1.807, 2.05) is 0 Å². The summed E-state index contributed by atoms with van der Waals surface area (Å²) in [4.78, 5) is 26.4. The molecule has 0 aliphatic carbocycles. The molecule has 8 nitrogen and oxygen atoms in total. The average molecular weight is 447 g/mol. The second kappa shape index (κ2) is 8.74. The molecule has 2 aromatic carbocycles. The molecule has 0 radical (unpaired) electrons. The first-order valence-electron chi connectivity index (χ1n) is 9.89.